The molecule has 7 aliphatic rings. The zero-order valence-electron chi connectivity index (χ0n) is 51.3. The van der Waals surface area contributed by atoms with Crippen molar-refractivity contribution < 1.29 is 42.9 Å². The van der Waals surface area contributed by atoms with Crippen molar-refractivity contribution in [2.75, 3.05) is 44.2 Å². The highest BCUT2D eigenvalue weighted by molar-refractivity contribution is 7.13. The third-order valence-electron chi connectivity index (χ3n) is 20.6. The maximum absolute atomic E-state index is 17.7. The number of aliphatic hydroxyl groups is 1. The van der Waals surface area contributed by atoms with Gasteiger partial charge in [0.1, 0.15) is 52.5 Å². The first-order valence-electron chi connectivity index (χ1n) is 31.9. The average Bonchev–Trinajstić information content (AvgIpc) is 1.59. The van der Waals surface area contributed by atoms with Crippen molar-refractivity contribution in [2.24, 2.45) is 28.6 Å². The van der Waals surface area contributed by atoms with Gasteiger partial charge in [0, 0.05) is 72.9 Å². The Hall–Kier alpha value is -7.39. The van der Waals surface area contributed by atoms with Crippen LogP contribution < -0.4 is 30.3 Å². The Morgan fingerprint density at radius 2 is 1.72 bits per heavy atom. The van der Waals surface area contributed by atoms with Crippen molar-refractivity contribution in [3.8, 4) is 39.2 Å². The van der Waals surface area contributed by atoms with Gasteiger partial charge < -0.3 is 50.3 Å². The number of phenolic OH excluding ortho intramolecular Hbond substituents is 1. The van der Waals surface area contributed by atoms with E-state index in [0.717, 1.165) is 79.7 Å². The minimum absolute atomic E-state index is 0.0179. The molecule has 20 heteroatoms. The number of nitrogens with zero attached hydrogens (tertiary/aromatic N) is 7. The number of nitrogens with one attached hydrogen (secondary N) is 3. The number of β-amino-alcohol motifs (C(OH)–C–C–N with tert-alkyl or cyclic N) is 1. The number of piperidine rings is 1. The zero-order chi connectivity index (χ0) is 61.8. The van der Waals surface area contributed by atoms with Crippen LogP contribution in [0.3, 0.4) is 0 Å². The van der Waals surface area contributed by atoms with Crippen LogP contribution in [0.5, 0.6) is 17.5 Å². The summed E-state index contributed by atoms with van der Waals surface area (Å²) in [6.45, 7) is 14.9. The van der Waals surface area contributed by atoms with Gasteiger partial charge in [0.25, 0.3) is 5.91 Å². The highest BCUT2D eigenvalue weighted by Crippen LogP contribution is 2.61. The number of hydrogen-bond donors (Lipinski definition) is 5. The van der Waals surface area contributed by atoms with Crippen molar-refractivity contribution in [2.45, 2.75) is 148 Å². The van der Waals surface area contributed by atoms with Crippen LogP contribution in [0.2, 0.25) is 0 Å². The molecule has 9 atom stereocenters. The summed E-state index contributed by atoms with van der Waals surface area (Å²) in [5, 5.41) is 34.0. The monoisotopic (exact) mass is 1230 g/mol. The predicted molar refractivity (Wildman–Crippen MR) is 337 cm³/mol. The molecule has 7 aromatic rings. The minimum atomic E-state index is -0.983. The molecule has 3 amide bonds. The smallest absolute Gasteiger partial charge is 0.319 e. The van der Waals surface area contributed by atoms with Crippen molar-refractivity contribution >= 4 is 56.6 Å². The van der Waals surface area contributed by atoms with Gasteiger partial charge >= 0.3 is 6.01 Å². The number of aliphatic hydroxyl groups excluding tert-OH is 1. The minimum Gasteiger partial charge on any atom is -0.508 e. The number of anilines is 1. The van der Waals surface area contributed by atoms with E-state index in [1.807, 2.05) is 83.5 Å². The number of benzene rings is 4. The summed E-state index contributed by atoms with van der Waals surface area (Å²) in [5.41, 5.74) is 5.68. The fraction of sp³-hybridized carbons (Fsp3) is 0.493. The summed E-state index contributed by atoms with van der Waals surface area (Å²) in [6.07, 6.45) is 7.63. The van der Waals surface area contributed by atoms with E-state index in [-0.39, 0.29) is 108 Å². The third-order valence-corrected chi connectivity index (χ3v) is 21.5. The number of piperazine rings is 1. The van der Waals surface area contributed by atoms with Gasteiger partial charge in [-0.15, -0.1) is 11.3 Å². The molecule has 14 rings (SSSR count). The van der Waals surface area contributed by atoms with Gasteiger partial charge in [-0.1, -0.05) is 64.1 Å². The Labute approximate surface area is 521 Å². The van der Waals surface area contributed by atoms with Gasteiger partial charge in [-0.2, -0.15) is 9.97 Å². The molecule has 5 N–H and O–H groups in total. The van der Waals surface area contributed by atoms with Gasteiger partial charge in [-0.25, -0.2) is 13.8 Å². The van der Waals surface area contributed by atoms with Crippen LogP contribution in [0.25, 0.3) is 43.4 Å². The number of pyridine rings is 1. The van der Waals surface area contributed by atoms with Crippen molar-refractivity contribution in [3.63, 3.8) is 0 Å². The number of likely N-dealkylation sites (tertiary alicyclic amines) is 1. The zero-order valence-corrected chi connectivity index (χ0v) is 52.1. The van der Waals surface area contributed by atoms with Crippen LogP contribution >= 0.6 is 11.3 Å². The van der Waals surface area contributed by atoms with Gasteiger partial charge in [-0.05, 0) is 153 Å². The van der Waals surface area contributed by atoms with Crippen molar-refractivity contribution in [3.05, 3.63) is 118 Å². The Bertz CT molecular complexity index is 3910. The number of rotatable bonds is 16. The largest absolute Gasteiger partial charge is 0.508 e. The Balaban J connectivity index is 0.732. The van der Waals surface area contributed by atoms with Crippen LogP contribution in [-0.4, -0.2) is 133 Å². The summed E-state index contributed by atoms with van der Waals surface area (Å²) in [6, 6.07) is 17.7. The van der Waals surface area contributed by atoms with Gasteiger partial charge in [0.15, 0.2) is 5.82 Å². The number of thiazole rings is 1. The molecule has 4 aromatic carbocycles. The molecular formula is C69H78F2N10O7S. The van der Waals surface area contributed by atoms with E-state index in [2.05, 4.69) is 25.8 Å². The first-order valence-corrected chi connectivity index (χ1v) is 32.8. The number of fused-ring (bicyclic) bond motifs is 5. The molecule has 5 unspecified atom stereocenters. The molecule has 6 fully saturated rings. The van der Waals surface area contributed by atoms with Crippen molar-refractivity contribution in [1.29, 1.82) is 0 Å². The highest BCUT2D eigenvalue weighted by Gasteiger charge is 2.61. The fourth-order valence-electron chi connectivity index (χ4n) is 16.1. The van der Waals surface area contributed by atoms with E-state index < -0.39 is 41.1 Å². The first-order chi connectivity index (χ1) is 42.8. The number of hydrogen-bond acceptors (Lipinski definition) is 15. The number of carbonyl (C=O) groups excluding carboxylic acids is 3. The lowest BCUT2D eigenvalue weighted by molar-refractivity contribution is -0.147. The van der Waals surface area contributed by atoms with E-state index in [9.17, 15) is 19.8 Å². The van der Waals surface area contributed by atoms with Gasteiger partial charge in [-0.3, -0.25) is 19.4 Å². The van der Waals surface area contributed by atoms with Crippen LogP contribution in [0.15, 0.2) is 78.4 Å². The van der Waals surface area contributed by atoms with E-state index in [1.54, 1.807) is 40.6 Å². The average molecular weight is 1230 g/mol. The molecule has 2 bridgehead atoms. The van der Waals surface area contributed by atoms with Crippen LogP contribution in [0.4, 0.5) is 14.6 Å². The van der Waals surface area contributed by atoms with Crippen LogP contribution in [-0.2, 0) is 22.6 Å². The Morgan fingerprint density at radius 3 is 2.43 bits per heavy atom. The number of ether oxygens (including phenoxy) is 2. The maximum Gasteiger partial charge on any atom is 0.319 e. The summed E-state index contributed by atoms with van der Waals surface area (Å²) in [7, 11) is 0. The summed E-state index contributed by atoms with van der Waals surface area (Å²) >= 11 is 1.57. The SMILES string of the molecule is CCc1c(F)ccc2cc(O)cc(-c3ncc4c(N5CC6CCC(C5)N6)nc(OCC(C5CC5)C5C(Oc6cccc7c6CN([C@H](C(=O)N6C[C@H](O)C[C@H]6C(=O)N[C@@H](C)c6ccc(-c8scnc8C)cc6)C(C)(C)C)C7=O)CC56CCNCC6)nc4c3F)c12. The van der Waals surface area contributed by atoms with Crippen molar-refractivity contribution in [1.82, 2.24) is 45.7 Å². The standard InChI is InChI=1S/C69H78F2N10O7S/c1-7-46-52(70)20-17-41-25-44(82)26-48(56(41)46)59-58(71)60-49(29-73-59)63(79-30-42-18-19-43(31-79)76-42)78-67(77-60)87-34-51(39-13-14-39)57-55(28-69(57)21-23-72-24-22-69)88-54-10-8-9-47-50(54)33-81(65(47)85)62(68(4,5)6)66(86)80-32-45(83)27-53(80)64(84)75-36(2)38-11-15-40(16-12-38)61-37(3)74-35-89-61/h8-12,15-17,20,25-26,29,35-36,39,42-43,45,51,53,55,57,62,72,76,82-83H,7,13-14,18-19,21-24,27-28,30-34H2,1-6H3,(H,75,84)/t36-,42?,43?,45+,51?,53-,55?,57?,62+/m0/s1. The van der Waals surface area contributed by atoms with Gasteiger partial charge in [0.2, 0.25) is 11.8 Å². The number of halogens is 2. The Kier molecular flexibility index (Phi) is 15.4. The highest BCUT2D eigenvalue weighted by atomic mass is 32.1. The maximum atomic E-state index is 17.7. The third kappa shape index (κ3) is 10.8. The van der Waals surface area contributed by atoms with Gasteiger partial charge in [0.05, 0.1) is 46.8 Å². The quantitative estimate of drug-likeness (QED) is 0.0611. The molecule has 2 aliphatic carbocycles. The first kappa shape index (κ1) is 59.2. The summed E-state index contributed by atoms with van der Waals surface area (Å²) in [4.78, 5) is 69.8. The van der Waals surface area contributed by atoms with Crippen LogP contribution in [0, 0.1) is 47.1 Å². The molecule has 466 valence electrons. The second-order valence-corrected chi connectivity index (χ2v) is 28.2. The molecule has 0 radical (unpaired) electrons. The number of aromatic hydroxyl groups is 1. The van der Waals surface area contributed by atoms with E-state index in [4.69, 9.17) is 24.4 Å². The molecule has 2 saturated carbocycles. The molecule has 1 spiro atoms. The lowest BCUT2D eigenvalue weighted by Crippen LogP contribution is -2.61. The lowest BCUT2D eigenvalue weighted by Gasteiger charge is -2.59. The summed E-state index contributed by atoms with van der Waals surface area (Å²) < 4.78 is 47.3. The molecule has 5 aliphatic heterocycles. The fourth-order valence-corrected chi connectivity index (χ4v) is 16.9. The van der Waals surface area contributed by atoms with E-state index >= 15 is 13.6 Å². The molecule has 3 aromatic heterocycles. The molecule has 89 heavy (non-hydrogen) atoms. The lowest BCUT2D eigenvalue weighted by atomic mass is 9.50. The molecular weight excluding hydrogens is 1150 g/mol. The number of carbonyl (C=O) groups is 3. The van der Waals surface area contributed by atoms with Crippen LogP contribution in [0.1, 0.15) is 125 Å². The number of phenols is 1. The Morgan fingerprint density at radius 1 is 0.955 bits per heavy atom. The summed E-state index contributed by atoms with van der Waals surface area (Å²) in [5.74, 6) is -0.776. The normalized spacial score (nSPS) is 24.1. The second-order valence-electron chi connectivity index (χ2n) is 27.3. The molecule has 17 nitrogen and oxygen atoms in total. The molecule has 8 heterocycles. The predicted octanol–water partition coefficient (Wildman–Crippen LogP) is 10.2. The topological polar surface area (TPSA) is 208 Å². The second kappa shape index (κ2) is 23.1. The van der Waals surface area contributed by atoms with E-state index in [0.29, 0.717) is 69.8 Å². The number of amides is 3. The van der Waals surface area contributed by atoms with E-state index in [1.165, 1.54) is 17.0 Å². The number of aromatic nitrogens is 4. The molecule has 4 saturated heterocycles. The number of aryl methyl sites for hydroxylation is 2.